The Morgan fingerprint density at radius 1 is 1.67 bits per heavy atom. The molecule has 0 aromatic carbocycles. The maximum atomic E-state index is 8.85. The first-order valence-electron chi connectivity index (χ1n) is 5.22. The summed E-state index contributed by atoms with van der Waals surface area (Å²) in [7, 11) is 0. The van der Waals surface area contributed by atoms with Gasteiger partial charge >= 0.3 is 0 Å². The molecule has 0 amide bonds. The van der Waals surface area contributed by atoms with Crippen molar-refractivity contribution in [2.45, 2.75) is 20.3 Å². The van der Waals surface area contributed by atoms with Gasteiger partial charge in [0.2, 0.25) is 0 Å². The number of aromatic nitrogens is 1. The van der Waals surface area contributed by atoms with Crippen LogP contribution in [0.1, 0.15) is 26.0 Å². The van der Waals surface area contributed by atoms with E-state index in [0.29, 0.717) is 11.1 Å². The lowest BCUT2D eigenvalue weighted by Gasteiger charge is -2.08. The Morgan fingerprint density at radius 3 is 3.00 bits per heavy atom. The SMILES string of the molecule is CC1(C)CC1CNc1cccnc1C#N. The number of rotatable bonds is 3. The van der Waals surface area contributed by atoms with Gasteiger partial charge in [-0.2, -0.15) is 5.26 Å². The molecule has 0 aliphatic heterocycles. The van der Waals surface area contributed by atoms with Crippen molar-refractivity contribution < 1.29 is 0 Å². The smallest absolute Gasteiger partial charge is 0.163 e. The predicted octanol–water partition coefficient (Wildman–Crippen LogP) is 2.41. The number of hydrogen-bond donors (Lipinski definition) is 1. The molecule has 1 aromatic heterocycles. The van der Waals surface area contributed by atoms with Crippen molar-refractivity contribution in [3.63, 3.8) is 0 Å². The van der Waals surface area contributed by atoms with Crippen molar-refractivity contribution in [1.29, 1.82) is 5.26 Å². The normalized spacial score (nSPS) is 21.8. The lowest BCUT2D eigenvalue weighted by atomic mass is 10.1. The van der Waals surface area contributed by atoms with Gasteiger partial charge < -0.3 is 5.32 Å². The van der Waals surface area contributed by atoms with E-state index >= 15 is 0 Å². The van der Waals surface area contributed by atoms with Crippen LogP contribution in [0.4, 0.5) is 5.69 Å². The van der Waals surface area contributed by atoms with Crippen LogP contribution in [0.15, 0.2) is 18.3 Å². The highest BCUT2D eigenvalue weighted by molar-refractivity contribution is 5.53. The molecule has 2 rings (SSSR count). The standard InChI is InChI=1S/C12H15N3/c1-12(2)6-9(12)8-15-10-4-3-5-14-11(10)7-13/h3-5,9,15H,6,8H2,1-2H3. The lowest BCUT2D eigenvalue weighted by molar-refractivity contribution is 0.573. The average Bonchev–Trinajstić information content (AvgIpc) is 2.84. The molecule has 1 saturated carbocycles. The topological polar surface area (TPSA) is 48.7 Å². The van der Waals surface area contributed by atoms with E-state index in [-0.39, 0.29) is 0 Å². The van der Waals surface area contributed by atoms with Crippen LogP contribution in [-0.4, -0.2) is 11.5 Å². The molecule has 0 saturated heterocycles. The van der Waals surface area contributed by atoms with E-state index < -0.39 is 0 Å². The van der Waals surface area contributed by atoms with Gasteiger partial charge in [0.15, 0.2) is 5.69 Å². The summed E-state index contributed by atoms with van der Waals surface area (Å²) in [5, 5.41) is 12.1. The van der Waals surface area contributed by atoms with Crippen molar-refractivity contribution in [2.24, 2.45) is 11.3 Å². The zero-order valence-electron chi connectivity index (χ0n) is 9.12. The lowest BCUT2D eigenvalue weighted by Crippen LogP contribution is -2.08. The zero-order chi connectivity index (χ0) is 10.9. The molecule has 3 heteroatoms. The Morgan fingerprint density at radius 2 is 2.40 bits per heavy atom. The Bertz CT molecular complexity index is 404. The summed E-state index contributed by atoms with van der Waals surface area (Å²) in [6.45, 7) is 5.48. The number of pyridine rings is 1. The summed E-state index contributed by atoms with van der Waals surface area (Å²) >= 11 is 0. The fraction of sp³-hybridized carbons (Fsp3) is 0.500. The third-order valence-electron chi connectivity index (χ3n) is 3.17. The minimum atomic E-state index is 0.474. The molecule has 0 bridgehead atoms. The van der Waals surface area contributed by atoms with E-state index in [1.54, 1.807) is 6.20 Å². The van der Waals surface area contributed by atoms with Gasteiger partial charge in [-0.3, -0.25) is 0 Å². The first-order chi connectivity index (χ1) is 7.13. The minimum absolute atomic E-state index is 0.474. The number of nitriles is 1. The monoisotopic (exact) mass is 201 g/mol. The molecule has 1 aliphatic carbocycles. The van der Waals surface area contributed by atoms with Gasteiger partial charge in [0.05, 0.1) is 5.69 Å². The third-order valence-corrected chi connectivity index (χ3v) is 3.17. The highest BCUT2D eigenvalue weighted by atomic mass is 14.9. The van der Waals surface area contributed by atoms with Crippen molar-refractivity contribution in [3.8, 4) is 6.07 Å². The van der Waals surface area contributed by atoms with Crippen molar-refractivity contribution >= 4 is 5.69 Å². The second-order valence-electron chi connectivity index (χ2n) is 4.78. The molecule has 0 spiro atoms. The Labute approximate surface area is 90.1 Å². The van der Waals surface area contributed by atoms with Gasteiger partial charge in [0, 0.05) is 12.7 Å². The summed E-state index contributed by atoms with van der Waals surface area (Å²) in [6.07, 6.45) is 2.91. The molecule has 1 atom stereocenters. The van der Waals surface area contributed by atoms with Crippen LogP contribution in [0, 0.1) is 22.7 Å². The van der Waals surface area contributed by atoms with E-state index in [9.17, 15) is 0 Å². The molecule has 0 radical (unpaired) electrons. The minimum Gasteiger partial charge on any atom is -0.382 e. The van der Waals surface area contributed by atoms with Gasteiger partial charge in [-0.25, -0.2) is 4.98 Å². The van der Waals surface area contributed by atoms with E-state index in [2.05, 4.69) is 30.2 Å². The second-order valence-corrected chi connectivity index (χ2v) is 4.78. The van der Waals surface area contributed by atoms with Crippen molar-refractivity contribution in [2.75, 3.05) is 11.9 Å². The van der Waals surface area contributed by atoms with Crippen molar-refractivity contribution in [3.05, 3.63) is 24.0 Å². The quantitative estimate of drug-likeness (QED) is 0.817. The molecular weight excluding hydrogens is 186 g/mol. The Kier molecular flexibility index (Phi) is 2.36. The molecule has 1 aromatic rings. The number of nitrogens with zero attached hydrogens (tertiary/aromatic N) is 2. The summed E-state index contributed by atoms with van der Waals surface area (Å²) in [5.74, 6) is 0.726. The molecule has 1 N–H and O–H groups in total. The fourth-order valence-electron chi connectivity index (χ4n) is 1.79. The first-order valence-corrected chi connectivity index (χ1v) is 5.22. The average molecular weight is 201 g/mol. The van der Waals surface area contributed by atoms with Crippen LogP contribution < -0.4 is 5.32 Å². The number of anilines is 1. The van der Waals surface area contributed by atoms with E-state index in [0.717, 1.165) is 18.2 Å². The second kappa shape index (κ2) is 3.54. The summed E-state index contributed by atoms with van der Waals surface area (Å²) < 4.78 is 0. The largest absolute Gasteiger partial charge is 0.382 e. The third kappa shape index (κ3) is 2.10. The summed E-state index contributed by atoms with van der Waals surface area (Å²) in [6, 6.07) is 5.84. The first kappa shape index (κ1) is 9.97. The Hall–Kier alpha value is -1.56. The molecule has 78 valence electrons. The van der Waals surface area contributed by atoms with Gasteiger partial charge in [0.25, 0.3) is 0 Å². The predicted molar refractivity (Wildman–Crippen MR) is 59.3 cm³/mol. The van der Waals surface area contributed by atoms with E-state index in [4.69, 9.17) is 5.26 Å². The van der Waals surface area contributed by atoms with Crippen LogP contribution >= 0.6 is 0 Å². The highest BCUT2D eigenvalue weighted by Crippen LogP contribution is 2.51. The van der Waals surface area contributed by atoms with Gasteiger partial charge in [0.1, 0.15) is 6.07 Å². The maximum absolute atomic E-state index is 8.85. The van der Waals surface area contributed by atoms with Crippen molar-refractivity contribution in [1.82, 2.24) is 4.98 Å². The van der Waals surface area contributed by atoms with Crippen LogP contribution in [0.3, 0.4) is 0 Å². The van der Waals surface area contributed by atoms with Gasteiger partial charge in [-0.15, -0.1) is 0 Å². The van der Waals surface area contributed by atoms with Crippen LogP contribution in [0.25, 0.3) is 0 Å². The fourth-order valence-corrected chi connectivity index (χ4v) is 1.79. The molecule has 1 fully saturated rings. The summed E-state index contributed by atoms with van der Waals surface area (Å²) in [5.41, 5.74) is 1.81. The van der Waals surface area contributed by atoms with E-state index in [1.807, 2.05) is 12.1 Å². The Balaban J connectivity index is 1.97. The molecular formula is C12H15N3. The highest BCUT2D eigenvalue weighted by Gasteiger charge is 2.44. The van der Waals surface area contributed by atoms with Crippen LogP contribution in [-0.2, 0) is 0 Å². The molecule has 1 unspecified atom stereocenters. The number of hydrogen-bond acceptors (Lipinski definition) is 3. The van der Waals surface area contributed by atoms with Gasteiger partial charge in [-0.05, 0) is 29.9 Å². The molecule has 3 nitrogen and oxygen atoms in total. The molecule has 1 aliphatic rings. The van der Waals surface area contributed by atoms with Gasteiger partial charge in [-0.1, -0.05) is 13.8 Å². The maximum Gasteiger partial charge on any atom is 0.163 e. The summed E-state index contributed by atoms with van der Waals surface area (Å²) in [4.78, 5) is 4.01. The zero-order valence-corrected chi connectivity index (χ0v) is 9.12. The van der Waals surface area contributed by atoms with Crippen LogP contribution in [0.5, 0.6) is 0 Å². The van der Waals surface area contributed by atoms with Crippen LogP contribution in [0.2, 0.25) is 0 Å². The van der Waals surface area contributed by atoms with E-state index in [1.165, 1.54) is 6.42 Å². The molecule has 1 heterocycles. The number of nitrogens with one attached hydrogen (secondary N) is 1. The molecule has 15 heavy (non-hydrogen) atoms.